The van der Waals surface area contributed by atoms with Crippen molar-refractivity contribution in [1.82, 2.24) is 19.6 Å². The summed E-state index contributed by atoms with van der Waals surface area (Å²) in [6, 6.07) is 7.88. The summed E-state index contributed by atoms with van der Waals surface area (Å²) >= 11 is 1.40. The molecule has 3 aromatic rings. The highest BCUT2D eigenvalue weighted by Gasteiger charge is 2.12. The van der Waals surface area contributed by atoms with Gasteiger partial charge in [-0.25, -0.2) is 8.78 Å². The lowest BCUT2D eigenvalue weighted by Crippen LogP contribution is -2.11. The fourth-order valence-electron chi connectivity index (χ4n) is 2.47. The predicted molar refractivity (Wildman–Crippen MR) is 88.6 cm³/mol. The Morgan fingerprint density at radius 2 is 2.12 bits per heavy atom. The third-order valence-corrected chi connectivity index (χ3v) is 4.53. The van der Waals surface area contributed by atoms with Crippen molar-refractivity contribution in [2.75, 3.05) is 0 Å². The van der Waals surface area contributed by atoms with Crippen LogP contribution in [0.15, 0.2) is 40.3 Å². The molecular formula is C16H16F2N4OS. The highest BCUT2D eigenvalue weighted by atomic mass is 32.2. The Balaban J connectivity index is 1.88. The number of nitrogens with one attached hydrogen (secondary N) is 1. The maximum absolute atomic E-state index is 12.8. The molecule has 126 valence electrons. The van der Waals surface area contributed by atoms with Crippen LogP contribution in [0.5, 0.6) is 0 Å². The second kappa shape index (κ2) is 7.12. The minimum absolute atomic E-state index is 0.00945. The van der Waals surface area contributed by atoms with Crippen molar-refractivity contribution in [3.63, 3.8) is 0 Å². The second-order valence-corrected chi connectivity index (χ2v) is 6.29. The number of aromatic nitrogens is 4. The van der Waals surface area contributed by atoms with E-state index >= 15 is 0 Å². The van der Waals surface area contributed by atoms with Crippen molar-refractivity contribution in [1.29, 1.82) is 0 Å². The van der Waals surface area contributed by atoms with E-state index < -0.39 is 6.43 Å². The molecule has 1 N–H and O–H groups in total. The van der Waals surface area contributed by atoms with Crippen LogP contribution in [0.25, 0.3) is 5.78 Å². The molecule has 1 aromatic carbocycles. The quantitative estimate of drug-likeness (QED) is 0.690. The summed E-state index contributed by atoms with van der Waals surface area (Å²) in [6.45, 7) is 2.03. The van der Waals surface area contributed by atoms with E-state index in [1.165, 1.54) is 23.9 Å². The number of alkyl halides is 2. The number of nitrogens with zero attached hydrogens (tertiary/aromatic N) is 3. The summed E-state index contributed by atoms with van der Waals surface area (Å²) in [6.07, 6.45) is -0.866. The maximum Gasteiger partial charge on any atom is 0.263 e. The number of rotatable bonds is 6. The van der Waals surface area contributed by atoms with Crippen LogP contribution in [-0.2, 0) is 12.2 Å². The standard InChI is InChI=1S/C16H16F2N4OS/c1-2-4-12-8-13(23)19-15-20-21-16(22(12)15)24-9-10-5-3-6-11(7-10)14(17)18/h3,5-8,14H,2,4,9H2,1H3,(H,19,20,23). The molecule has 5 nitrogen and oxygen atoms in total. The van der Waals surface area contributed by atoms with Gasteiger partial charge in [0.05, 0.1) is 0 Å². The van der Waals surface area contributed by atoms with Crippen LogP contribution in [0.4, 0.5) is 8.78 Å². The van der Waals surface area contributed by atoms with E-state index in [0.29, 0.717) is 16.7 Å². The first-order chi connectivity index (χ1) is 11.6. The fourth-order valence-corrected chi connectivity index (χ4v) is 3.38. The Bertz CT molecular complexity index is 906. The molecular weight excluding hydrogens is 334 g/mol. The molecule has 2 heterocycles. The zero-order valence-electron chi connectivity index (χ0n) is 13.0. The summed E-state index contributed by atoms with van der Waals surface area (Å²) in [5.41, 5.74) is 1.43. The van der Waals surface area contributed by atoms with Crippen molar-refractivity contribution in [2.24, 2.45) is 0 Å². The summed E-state index contributed by atoms with van der Waals surface area (Å²) in [7, 11) is 0. The first-order valence-corrected chi connectivity index (χ1v) is 8.54. The summed E-state index contributed by atoms with van der Waals surface area (Å²) in [4.78, 5) is 14.3. The van der Waals surface area contributed by atoms with Crippen molar-refractivity contribution in [3.8, 4) is 0 Å². The van der Waals surface area contributed by atoms with Gasteiger partial charge in [0.2, 0.25) is 5.78 Å². The normalized spacial score (nSPS) is 11.5. The highest BCUT2D eigenvalue weighted by molar-refractivity contribution is 7.98. The van der Waals surface area contributed by atoms with Crippen molar-refractivity contribution < 1.29 is 8.78 Å². The fraction of sp³-hybridized carbons (Fsp3) is 0.312. The van der Waals surface area contributed by atoms with Crippen LogP contribution < -0.4 is 5.56 Å². The molecule has 0 aliphatic rings. The predicted octanol–water partition coefficient (Wildman–Crippen LogP) is 3.60. The van der Waals surface area contributed by atoms with Crippen LogP contribution in [0, 0.1) is 0 Å². The SMILES string of the molecule is CCCc1cc(=O)[nH]c2nnc(SCc3cccc(C(F)F)c3)n12. The van der Waals surface area contributed by atoms with Crippen LogP contribution >= 0.6 is 11.8 Å². The van der Waals surface area contributed by atoms with Crippen LogP contribution in [0.2, 0.25) is 0 Å². The van der Waals surface area contributed by atoms with E-state index in [4.69, 9.17) is 0 Å². The summed E-state index contributed by atoms with van der Waals surface area (Å²) < 4.78 is 27.4. The Morgan fingerprint density at radius 3 is 2.88 bits per heavy atom. The summed E-state index contributed by atoms with van der Waals surface area (Å²) in [5.74, 6) is 0.890. The third kappa shape index (κ3) is 3.48. The third-order valence-electron chi connectivity index (χ3n) is 3.53. The van der Waals surface area contributed by atoms with Crippen LogP contribution in [0.3, 0.4) is 0 Å². The number of hydrogen-bond acceptors (Lipinski definition) is 4. The molecule has 0 unspecified atom stereocenters. The van der Waals surface area contributed by atoms with Gasteiger partial charge in [0, 0.05) is 23.1 Å². The first-order valence-electron chi connectivity index (χ1n) is 7.55. The molecule has 2 aromatic heterocycles. The average molecular weight is 350 g/mol. The molecule has 0 amide bonds. The molecule has 0 atom stereocenters. The van der Waals surface area contributed by atoms with Gasteiger partial charge in [-0.1, -0.05) is 43.3 Å². The van der Waals surface area contributed by atoms with E-state index in [1.807, 2.05) is 11.3 Å². The molecule has 0 aliphatic heterocycles. The topological polar surface area (TPSA) is 63.0 Å². The van der Waals surface area contributed by atoms with Gasteiger partial charge in [-0.3, -0.25) is 14.2 Å². The average Bonchev–Trinajstić information content (AvgIpc) is 2.96. The van der Waals surface area contributed by atoms with Crippen molar-refractivity contribution in [3.05, 3.63) is 57.5 Å². The molecule has 0 spiro atoms. The maximum atomic E-state index is 12.8. The number of halogens is 2. The lowest BCUT2D eigenvalue weighted by atomic mass is 10.1. The van der Waals surface area contributed by atoms with Gasteiger partial charge in [0.25, 0.3) is 12.0 Å². The van der Waals surface area contributed by atoms with E-state index in [2.05, 4.69) is 15.2 Å². The summed E-state index contributed by atoms with van der Waals surface area (Å²) in [5, 5.41) is 8.74. The lowest BCUT2D eigenvalue weighted by molar-refractivity contribution is 0.151. The van der Waals surface area contributed by atoms with Gasteiger partial charge in [-0.15, -0.1) is 10.2 Å². The minimum Gasteiger partial charge on any atom is -0.291 e. The van der Waals surface area contributed by atoms with Crippen LogP contribution in [-0.4, -0.2) is 19.6 Å². The first kappa shape index (κ1) is 16.6. The van der Waals surface area contributed by atoms with Gasteiger partial charge in [0.1, 0.15) is 0 Å². The van der Waals surface area contributed by atoms with Gasteiger partial charge in [-0.05, 0) is 18.1 Å². The van der Waals surface area contributed by atoms with E-state index in [0.717, 1.165) is 24.1 Å². The number of aryl methyl sites for hydroxylation is 1. The molecule has 0 aliphatic carbocycles. The van der Waals surface area contributed by atoms with Gasteiger partial charge < -0.3 is 0 Å². The number of benzene rings is 1. The number of fused-ring (bicyclic) bond motifs is 1. The van der Waals surface area contributed by atoms with Gasteiger partial charge in [0.15, 0.2) is 5.16 Å². The number of hydrogen-bond donors (Lipinski definition) is 1. The molecule has 0 radical (unpaired) electrons. The molecule has 0 fully saturated rings. The van der Waals surface area contributed by atoms with Crippen molar-refractivity contribution in [2.45, 2.75) is 37.1 Å². The highest BCUT2D eigenvalue weighted by Crippen LogP contribution is 2.25. The molecule has 24 heavy (non-hydrogen) atoms. The van der Waals surface area contributed by atoms with E-state index in [1.54, 1.807) is 18.2 Å². The van der Waals surface area contributed by atoms with E-state index in [9.17, 15) is 13.6 Å². The molecule has 8 heteroatoms. The molecule has 0 saturated carbocycles. The zero-order chi connectivity index (χ0) is 17.1. The molecule has 0 saturated heterocycles. The monoisotopic (exact) mass is 350 g/mol. The largest absolute Gasteiger partial charge is 0.291 e. The Labute approximate surface area is 141 Å². The van der Waals surface area contributed by atoms with Gasteiger partial charge in [-0.2, -0.15) is 0 Å². The Kier molecular flexibility index (Phi) is 4.94. The zero-order valence-corrected chi connectivity index (χ0v) is 13.8. The number of thioether (sulfide) groups is 1. The Morgan fingerprint density at radius 1 is 1.29 bits per heavy atom. The van der Waals surface area contributed by atoms with Crippen molar-refractivity contribution >= 4 is 17.5 Å². The Hall–Kier alpha value is -2.22. The number of aromatic amines is 1. The molecule has 3 rings (SSSR count). The lowest BCUT2D eigenvalue weighted by Gasteiger charge is -2.07. The second-order valence-electron chi connectivity index (χ2n) is 5.35. The molecule has 0 bridgehead atoms. The minimum atomic E-state index is -2.48. The van der Waals surface area contributed by atoms with Crippen LogP contribution in [0.1, 0.15) is 36.6 Å². The number of H-pyrrole nitrogens is 1. The van der Waals surface area contributed by atoms with E-state index in [-0.39, 0.29) is 11.1 Å². The smallest absolute Gasteiger partial charge is 0.263 e. The van der Waals surface area contributed by atoms with Gasteiger partial charge >= 0.3 is 0 Å².